The zero-order valence-electron chi connectivity index (χ0n) is 10.4. The maximum Gasteiger partial charge on any atom is 0.163 e. The lowest BCUT2D eigenvalue weighted by Gasteiger charge is -2.14. The number of aryl methyl sites for hydroxylation is 1. The Hall–Kier alpha value is -1.35. The predicted molar refractivity (Wildman–Crippen MR) is 65.2 cm³/mol. The fraction of sp³-hybridized carbons (Fsp3) is 0.462. The van der Waals surface area contributed by atoms with Gasteiger partial charge in [-0.15, -0.1) is 0 Å². The topological polar surface area (TPSA) is 29.5 Å². The summed E-state index contributed by atoms with van der Waals surface area (Å²) in [5, 5.41) is 0. The molecule has 0 saturated carbocycles. The van der Waals surface area contributed by atoms with Gasteiger partial charge >= 0.3 is 0 Å². The van der Waals surface area contributed by atoms with Crippen molar-refractivity contribution in [2.24, 2.45) is 0 Å². The smallest absolute Gasteiger partial charge is 0.163 e. The summed E-state index contributed by atoms with van der Waals surface area (Å²) in [4.78, 5) is 13.5. The molecule has 0 aliphatic heterocycles. The van der Waals surface area contributed by atoms with Crippen molar-refractivity contribution >= 4 is 5.78 Å². The molecule has 3 nitrogen and oxygen atoms in total. The van der Waals surface area contributed by atoms with Crippen LogP contribution < -0.4 is 4.74 Å². The van der Waals surface area contributed by atoms with Gasteiger partial charge in [0.25, 0.3) is 0 Å². The molecule has 0 radical (unpaired) electrons. The number of para-hydroxylation sites is 1. The number of rotatable bonds is 5. The van der Waals surface area contributed by atoms with Gasteiger partial charge in [-0.2, -0.15) is 0 Å². The number of hydrogen-bond donors (Lipinski definition) is 0. The second kappa shape index (κ2) is 5.66. The third-order valence-corrected chi connectivity index (χ3v) is 2.38. The van der Waals surface area contributed by atoms with Crippen molar-refractivity contribution in [1.29, 1.82) is 0 Å². The van der Waals surface area contributed by atoms with Gasteiger partial charge < -0.3 is 9.64 Å². The number of ketones is 1. The van der Waals surface area contributed by atoms with Crippen LogP contribution in [0.1, 0.15) is 22.8 Å². The molecule has 0 spiro atoms. The normalized spacial score (nSPS) is 10.6. The average molecular weight is 221 g/mol. The van der Waals surface area contributed by atoms with Crippen molar-refractivity contribution in [1.82, 2.24) is 4.90 Å². The molecule has 1 rings (SSSR count). The highest BCUT2D eigenvalue weighted by atomic mass is 16.5. The van der Waals surface area contributed by atoms with E-state index < -0.39 is 0 Å². The van der Waals surface area contributed by atoms with Crippen LogP contribution in [0.5, 0.6) is 5.75 Å². The Labute approximate surface area is 97.0 Å². The third kappa shape index (κ3) is 3.35. The van der Waals surface area contributed by atoms with Crippen molar-refractivity contribution in [3.8, 4) is 5.75 Å². The van der Waals surface area contributed by atoms with Crippen molar-refractivity contribution in [3.05, 3.63) is 29.3 Å². The molecular weight excluding hydrogens is 202 g/mol. The van der Waals surface area contributed by atoms with E-state index in [0.717, 1.165) is 17.9 Å². The van der Waals surface area contributed by atoms with E-state index in [-0.39, 0.29) is 5.78 Å². The zero-order chi connectivity index (χ0) is 12.1. The van der Waals surface area contributed by atoms with Gasteiger partial charge in [0.05, 0.1) is 5.56 Å². The summed E-state index contributed by atoms with van der Waals surface area (Å²) >= 11 is 0. The summed E-state index contributed by atoms with van der Waals surface area (Å²) in [7, 11) is 3.99. The lowest BCUT2D eigenvalue weighted by molar-refractivity contribution is 0.101. The summed E-state index contributed by atoms with van der Waals surface area (Å²) < 4.78 is 5.68. The van der Waals surface area contributed by atoms with E-state index in [9.17, 15) is 4.79 Å². The van der Waals surface area contributed by atoms with Crippen LogP contribution in [-0.2, 0) is 0 Å². The average Bonchev–Trinajstić information content (AvgIpc) is 2.19. The molecule has 3 heteroatoms. The van der Waals surface area contributed by atoms with Crippen LogP contribution in [0, 0.1) is 6.92 Å². The number of carbonyl (C=O) groups excluding carboxylic acids is 1. The summed E-state index contributed by atoms with van der Waals surface area (Å²) in [5.74, 6) is 0.764. The van der Waals surface area contributed by atoms with Crippen LogP contribution in [0.3, 0.4) is 0 Å². The number of hydrogen-bond acceptors (Lipinski definition) is 3. The number of benzene rings is 1. The van der Waals surface area contributed by atoms with Crippen LogP contribution in [0.2, 0.25) is 0 Å². The number of nitrogens with zero attached hydrogens (tertiary/aromatic N) is 1. The molecule has 0 unspecified atom stereocenters. The minimum absolute atomic E-state index is 0.0450. The predicted octanol–water partition coefficient (Wildman–Crippen LogP) is 2.14. The molecule has 0 amide bonds. The summed E-state index contributed by atoms with van der Waals surface area (Å²) in [6.45, 7) is 4.95. The first-order chi connectivity index (χ1) is 7.52. The summed E-state index contributed by atoms with van der Waals surface area (Å²) in [6.07, 6.45) is 0. The molecule has 0 aliphatic carbocycles. The molecule has 16 heavy (non-hydrogen) atoms. The highest BCUT2D eigenvalue weighted by molar-refractivity contribution is 5.97. The Morgan fingerprint density at radius 3 is 2.62 bits per heavy atom. The quantitative estimate of drug-likeness (QED) is 0.713. The van der Waals surface area contributed by atoms with E-state index >= 15 is 0 Å². The fourth-order valence-corrected chi connectivity index (χ4v) is 1.45. The van der Waals surface area contributed by atoms with Crippen molar-refractivity contribution in [2.75, 3.05) is 27.2 Å². The largest absolute Gasteiger partial charge is 0.491 e. The molecule has 0 bridgehead atoms. The molecule has 0 atom stereocenters. The van der Waals surface area contributed by atoms with Crippen LogP contribution >= 0.6 is 0 Å². The standard InChI is InChI=1S/C13H19NO2/c1-10-6-5-7-12(11(2)15)13(10)16-9-8-14(3)4/h5-7H,8-9H2,1-4H3. The molecule has 88 valence electrons. The van der Waals surface area contributed by atoms with Gasteiger partial charge in [0, 0.05) is 6.54 Å². The van der Waals surface area contributed by atoms with E-state index in [0.29, 0.717) is 12.2 Å². The molecular formula is C13H19NO2. The summed E-state index contributed by atoms with van der Waals surface area (Å²) in [6, 6.07) is 5.64. The Bertz CT molecular complexity index is 372. The lowest BCUT2D eigenvalue weighted by atomic mass is 10.1. The highest BCUT2D eigenvalue weighted by Gasteiger charge is 2.10. The minimum Gasteiger partial charge on any atom is -0.491 e. The SMILES string of the molecule is CC(=O)c1cccc(C)c1OCCN(C)C. The Morgan fingerprint density at radius 1 is 1.38 bits per heavy atom. The van der Waals surface area contributed by atoms with Gasteiger partial charge in [0.1, 0.15) is 12.4 Å². The van der Waals surface area contributed by atoms with Gasteiger partial charge in [-0.05, 0) is 39.6 Å². The van der Waals surface area contributed by atoms with Crippen molar-refractivity contribution in [2.45, 2.75) is 13.8 Å². The summed E-state index contributed by atoms with van der Waals surface area (Å²) in [5.41, 5.74) is 1.67. The molecule has 0 N–H and O–H groups in total. The first-order valence-electron chi connectivity index (χ1n) is 5.40. The first kappa shape index (κ1) is 12.7. The van der Waals surface area contributed by atoms with Gasteiger partial charge in [0.15, 0.2) is 5.78 Å². The van der Waals surface area contributed by atoms with E-state index in [1.165, 1.54) is 0 Å². The van der Waals surface area contributed by atoms with Crippen LogP contribution in [-0.4, -0.2) is 37.9 Å². The maximum absolute atomic E-state index is 11.4. The van der Waals surface area contributed by atoms with Crippen LogP contribution in [0.15, 0.2) is 18.2 Å². The van der Waals surface area contributed by atoms with E-state index in [1.807, 2.05) is 38.1 Å². The van der Waals surface area contributed by atoms with E-state index in [2.05, 4.69) is 0 Å². The van der Waals surface area contributed by atoms with Crippen molar-refractivity contribution in [3.63, 3.8) is 0 Å². The van der Waals surface area contributed by atoms with Gasteiger partial charge in [-0.3, -0.25) is 4.79 Å². The zero-order valence-corrected chi connectivity index (χ0v) is 10.4. The van der Waals surface area contributed by atoms with Crippen LogP contribution in [0.4, 0.5) is 0 Å². The minimum atomic E-state index is 0.0450. The number of carbonyl (C=O) groups is 1. The van der Waals surface area contributed by atoms with Crippen LogP contribution in [0.25, 0.3) is 0 Å². The maximum atomic E-state index is 11.4. The molecule has 0 saturated heterocycles. The highest BCUT2D eigenvalue weighted by Crippen LogP contribution is 2.23. The molecule has 0 aromatic heterocycles. The Kier molecular flexibility index (Phi) is 4.50. The van der Waals surface area contributed by atoms with Gasteiger partial charge in [-0.25, -0.2) is 0 Å². The van der Waals surface area contributed by atoms with Gasteiger partial charge in [0.2, 0.25) is 0 Å². The van der Waals surface area contributed by atoms with Crippen molar-refractivity contribution < 1.29 is 9.53 Å². The Morgan fingerprint density at radius 2 is 2.06 bits per heavy atom. The number of likely N-dealkylation sites (N-methyl/N-ethyl adjacent to an activating group) is 1. The monoisotopic (exact) mass is 221 g/mol. The third-order valence-electron chi connectivity index (χ3n) is 2.38. The second-order valence-electron chi connectivity index (χ2n) is 4.16. The van der Waals surface area contributed by atoms with E-state index in [4.69, 9.17) is 4.74 Å². The molecule has 0 fully saturated rings. The molecule has 1 aromatic carbocycles. The number of Topliss-reactive ketones (excluding diaryl/α,β-unsaturated/α-hetero) is 1. The number of ether oxygens (including phenoxy) is 1. The Balaban J connectivity index is 2.80. The molecule has 1 aromatic rings. The fourth-order valence-electron chi connectivity index (χ4n) is 1.45. The second-order valence-corrected chi connectivity index (χ2v) is 4.16. The molecule has 0 aliphatic rings. The van der Waals surface area contributed by atoms with E-state index in [1.54, 1.807) is 13.0 Å². The first-order valence-corrected chi connectivity index (χ1v) is 5.40. The lowest BCUT2D eigenvalue weighted by Crippen LogP contribution is -2.20. The molecule has 0 heterocycles. The van der Waals surface area contributed by atoms with Gasteiger partial charge in [-0.1, -0.05) is 12.1 Å².